The van der Waals surface area contributed by atoms with Crippen molar-refractivity contribution in [2.45, 2.75) is 45.3 Å². The Labute approximate surface area is 121 Å². The number of amides is 1. The summed E-state index contributed by atoms with van der Waals surface area (Å²) in [6.07, 6.45) is -4.35. The molecule has 1 aromatic rings. The van der Waals surface area contributed by atoms with E-state index in [0.717, 1.165) is 0 Å². The van der Waals surface area contributed by atoms with Gasteiger partial charge in [-0.15, -0.1) is 0 Å². The Bertz CT molecular complexity index is 490. The summed E-state index contributed by atoms with van der Waals surface area (Å²) in [5.74, 6) is -1.96. The van der Waals surface area contributed by atoms with Gasteiger partial charge in [0.2, 0.25) is 0 Å². The lowest BCUT2D eigenvalue weighted by molar-refractivity contribution is -0.167. The van der Waals surface area contributed by atoms with E-state index in [4.69, 9.17) is 4.74 Å². The number of nitrogens with zero attached hydrogens (tertiary/aromatic N) is 2. The molecule has 0 atom stereocenters. The molecule has 21 heavy (non-hydrogen) atoms. The smallest absolute Gasteiger partial charge is 0.385 e. The molecular formula is C13H20F3N3O2. The number of aromatic nitrogens is 2. The fourth-order valence-electron chi connectivity index (χ4n) is 1.60. The number of anilines is 1. The predicted octanol–water partition coefficient (Wildman–Crippen LogP) is 2.72. The average molecular weight is 307 g/mol. The number of rotatable bonds is 5. The number of hydrogen-bond donors (Lipinski definition) is 1. The second-order valence-electron chi connectivity index (χ2n) is 5.69. The van der Waals surface area contributed by atoms with Crippen LogP contribution in [0.25, 0.3) is 0 Å². The van der Waals surface area contributed by atoms with Crippen LogP contribution in [-0.4, -0.2) is 35.6 Å². The molecule has 0 spiro atoms. The zero-order chi connectivity index (χ0) is 16.3. The summed E-state index contributed by atoms with van der Waals surface area (Å²) in [7, 11) is 1.54. The van der Waals surface area contributed by atoms with Crippen molar-refractivity contribution in [1.29, 1.82) is 0 Å². The van der Waals surface area contributed by atoms with Crippen LogP contribution in [0.2, 0.25) is 0 Å². The third-order valence-corrected chi connectivity index (χ3v) is 2.77. The van der Waals surface area contributed by atoms with E-state index in [1.54, 1.807) is 0 Å². The van der Waals surface area contributed by atoms with Crippen LogP contribution in [0.1, 0.15) is 32.9 Å². The predicted molar refractivity (Wildman–Crippen MR) is 72.1 cm³/mol. The second-order valence-corrected chi connectivity index (χ2v) is 5.69. The summed E-state index contributed by atoms with van der Waals surface area (Å²) in [4.78, 5) is 11.1. The number of aryl methyl sites for hydroxylation is 1. The molecule has 0 aliphatic rings. The van der Waals surface area contributed by atoms with Crippen molar-refractivity contribution in [2.75, 3.05) is 19.0 Å². The number of nitrogens with one attached hydrogen (secondary N) is 1. The Kier molecular flexibility index (Phi) is 5.38. The van der Waals surface area contributed by atoms with Gasteiger partial charge in [0, 0.05) is 31.7 Å². The minimum atomic E-state index is -4.93. The highest BCUT2D eigenvalue weighted by Gasteiger charge is 2.39. The molecule has 8 heteroatoms. The Balaban J connectivity index is 2.98. The van der Waals surface area contributed by atoms with Gasteiger partial charge in [-0.2, -0.15) is 18.3 Å². The van der Waals surface area contributed by atoms with Crippen LogP contribution in [0.5, 0.6) is 0 Å². The largest absolute Gasteiger partial charge is 0.471 e. The lowest BCUT2D eigenvalue weighted by atomic mass is 9.92. The van der Waals surface area contributed by atoms with Crippen LogP contribution in [-0.2, 0) is 21.5 Å². The molecule has 5 nitrogen and oxygen atoms in total. The van der Waals surface area contributed by atoms with Gasteiger partial charge in [-0.25, -0.2) is 4.68 Å². The molecule has 0 unspecified atom stereocenters. The van der Waals surface area contributed by atoms with Gasteiger partial charge in [-0.1, -0.05) is 20.8 Å². The maximum Gasteiger partial charge on any atom is 0.471 e. The Morgan fingerprint density at radius 1 is 1.38 bits per heavy atom. The van der Waals surface area contributed by atoms with E-state index in [2.05, 4.69) is 5.10 Å². The molecular weight excluding hydrogens is 287 g/mol. The van der Waals surface area contributed by atoms with Crippen LogP contribution < -0.4 is 5.32 Å². The number of methoxy groups -OCH3 is 1. The molecule has 1 aromatic heterocycles. The molecule has 120 valence electrons. The lowest BCUT2D eigenvalue weighted by Gasteiger charge is -2.14. The Morgan fingerprint density at radius 2 is 2.00 bits per heavy atom. The fourth-order valence-corrected chi connectivity index (χ4v) is 1.60. The summed E-state index contributed by atoms with van der Waals surface area (Å²) in [5, 5.41) is 6.13. The highest BCUT2D eigenvalue weighted by atomic mass is 19.4. The highest BCUT2D eigenvalue weighted by Crippen LogP contribution is 2.25. The number of alkyl halides is 3. The molecule has 0 saturated heterocycles. The van der Waals surface area contributed by atoms with Gasteiger partial charge in [0.25, 0.3) is 0 Å². The highest BCUT2D eigenvalue weighted by molar-refractivity contribution is 5.94. The molecule has 0 saturated carbocycles. The fraction of sp³-hybridized carbons (Fsp3) is 0.692. The number of hydrogen-bond acceptors (Lipinski definition) is 3. The third kappa shape index (κ3) is 5.04. The van der Waals surface area contributed by atoms with Gasteiger partial charge in [0.05, 0.1) is 5.69 Å². The zero-order valence-corrected chi connectivity index (χ0v) is 12.5. The van der Waals surface area contributed by atoms with E-state index in [0.29, 0.717) is 25.3 Å². The molecule has 0 radical (unpaired) electrons. The summed E-state index contributed by atoms with van der Waals surface area (Å²) < 4.78 is 43.3. The van der Waals surface area contributed by atoms with Crippen molar-refractivity contribution in [3.05, 3.63) is 11.8 Å². The first-order valence-corrected chi connectivity index (χ1v) is 6.51. The van der Waals surface area contributed by atoms with Crippen LogP contribution >= 0.6 is 0 Å². The maximum absolute atomic E-state index is 12.4. The first-order chi connectivity index (χ1) is 9.55. The standard InChI is InChI=1S/C13H20F3N3O2/c1-12(2,3)9-8-10(17-11(20)13(14,15)16)19(18-9)6-5-7-21-4/h8H,5-7H2,1-4H3,(H,17,20). The van der Waals surface area contributed by atoms with Crippen LogP contribution in [0.15, 0.2) is 6.07 Å². The normalized spacial score (nSPS) is 12.5. The quantitative estimate of drug-likeness (QED) is 0.851. The second kappa shape index (κ2) is 6.46. The van der Waals surface area contributed by atoms with Gasteiger partial charge in [0.15, 0.2) is 0 Å². The summed E-state index contributed by atoms with van der Waals surface area (Å²) in [6.45, 7) is 6.49. The Morgan fingerprint density at radius 3 is 2.48 bits per heavy atom. The molecule has 1 rings (SSSR count). The number of carbonyl (C=O) groups is 1. The van der Waals surface area contributed by atoms with E-state index in [-0.39, 0.29) is 11.2 Å². The number of halogens is 3. The van der Waals surface area contributed by atoms with Crippen molar-refractivity contribution in [2.24, 2.45) is 0 Å². The topological polar surface area (TPSA) is 56.1 Å². The number of carbonyl (C=O) groups excluding carboxylic acids is 1. The minimum Gasteiger partial charge on any atom is -0.385 e. The van der Waals surface area contributed by atoms with Crippen LogP contribution in [0, 0.1) is 0 Å². The Hall–Kier alpha value is -1.57. The minimum absolute atomic E-state index is 0.0401. The summed E-state index contributed by atoms with van der Waals surface area (Å²) in [6, 6.07) is 1.47. The molecule has 1 heterocycles. The average Bonchev–Trinajstić information content (AvgIpc) is 2.71. The van der Waals surface area contributed by atoms with Crippen molar-refractivity contribution in [3.8, 4) is 0 Å². The first kappa shape index (κ1) is 17.5. The van der Waals surface area contributed by atoms with Crippen LogP contribution in [0.4, 0.5) is 19.0 Å². The first-order valence-electron chi connectivity index (χ1n) is 6.51. The van der Waals surface area contributed by atoms with E-state index in [1.807, 2.05) is 26.1 Å². The monoisotopic (exact) mass is 307 g/mol. The van der Waals surface area contributed by atoms with Gasteiger partial charge in [0.1, 0.15) is 5.82 Å². The van der Waals surface area contributed by atoms with E-state index < -0.39 is 12.1 Å². The molecule has 0 aromatic carbocycles. The van der Waals surface area contributed by atoms with E-state index in [1.165, 1.54) is 17.9 Å². The van der Waals surface area contributed by atoms with Crippen molar-refractivity contribution >= 4 is 11.7 Å². The molecule has 0 fully saturated rings. The SMILES string of the molecule is COCCCn1nc(C(C)(C)C)cc1NC(=O)C(F)(F)F. The third-order valence-electron chi connectivity index (χ3n) is 2.77. The summed E-state index contributed by atoms with van der Waals surface area (Å²) >= 11 is 0. The molecule has 1 amide bonds. The summed E-state index contributed by atoms with van der Waals surface area (Å²) in [5.41, 5.74) is 0.280. The van der Waals surface area contributed by atoms with Crippen LogP contribution in [0.3, 0.4) is 0 Å². The zero-order valence-electron chi connectivity index (χ0n) is 12.5. The van der Waals surface area contributed by atoms with Gasteiger partial charge < -0.3 is 10.1 Å². The van der Waals surface area contributed by atoms with Gasteiger partial charge in [-0.3, -0.25) is 4.79 Å². The molecule has 0 bridgehead atoms. The van der Waals surface area contributed by atoms with Crippen molar-refractivity contribution in [3.63, 3.8) is 0 Å². The maximum atomic E-state index is 12.4. The molecule has 1 N–H and O–H groups in total. The molecule has 0 aliphatic carbocycles. The number of ether oxygens (including phenoxy) is 1. The van der Waals surface area contributed by atoms with Gasteiger partial charge >= 0.3 is 12.1 Å². The van der Waals surface area contributed by atoms with E-state index >= 15 is 0 Å². The lowest BCUT2D eigenvalue weighted by Crippen LogP contribution is -2.31. The molecule has 0 aliphatic heterocycles. The van der Waals surface area contributed by atoms with E-state index in [9.17, 15) is 18.0 Å². The van der Waals surface area contributed by atoms with Crippen molar-refractivity contribution < 1.29 is 22.7 Å². The van der Waals surface area contributed by atoms with Crippen molar-refractivity contribution in [1.82, 2.24) is 9.78 Å². The van der Waals surface area contributed by atoms with Gasteiger partial charge in [-0.05, 0) is 6.42 Å².